The molecule has 0 bridgehead atoms. The van der Waals surface area contributed by atoms with Crippen molar-refractivity contribution in [3.63, 3.8) is 0 Å². The van der Waals surface area contributed by atoms with Crippen molar-refractivity contribution in [1.29, 1.82) is 0 Å². The highest BCUT2D eigenvalue weighted by molar-refractivity contribution is 6.30. The Kier molecular flexibility index (Phi) is 4.06. The topological polar surface area (TPSA) is 37.8 Å². The minimum atomic E-state index is -0.357. The van der Waals surface area contributed by atoms with E-state index in [4.69, 9.17) is 11.6 Å². The van der Waals surface area contributed by atoms with Gasteiger partial charge >= 0.3 is 0 Å². The lowest BCUT2D eigenvalue weighted by atomic mass is 10.1. The highest BCUT2D eigenvalue weighted by Crippen LogP contribution is 2.39. The molecule has 2 aromatic rings. The molecule has 3 rings (SSSR count). The third-order valence-electron chi connectivity index (χ3n) is 3.45. The number of halogens is 2. The van der Waals surface area contributed by atoms with Gasteiger partial charge in [0.05, 0.1) is 5.69 Å². The van der Waals surface area contributed by atoms with Crippen molar-refractivity contribution >= 4 is 17.4 Å². The first-order valence-corrected chi connectivity index (χ1v) is 7.63. The summed E-state index contributed by atoms with van der Waals surface area (Å²) < 4.78 is 14.1. The number of anilines is 1. The monoisotopic (exact) mass is 305 g/mol. The third kappa shape index (κ3) is 3.32. The van der Waals surface area contributed by atoms with E-state index in [2.05, 4.69) is 22.2 Å². The van der Waals surface area contributed by atoms with E-state index in [-0.39, 0.29) is 5.82 Å². The smallest absolute Gasteiger partial charge is 0.134 e. The number of hydrogen-bond acceptors (Lipinski definition) is 3. The van der Waals surface area contributed by atoms with Crippen molar-refractivity contribution in [2.24, 2.45) is 0 Å². The summed E-state index contributed by atoms with van der Waals surface area (Å²) in [6.07, 6.45) is 3.23. The van der Waals surface area contributed by atoms with Crippen LogP contribution in [0.5, 0.6) is 0 Å². The second-order valence-corrected chi connectivity index (χ2v) is 5.76. The van der Waals surface area contributed by atoms with Gasteiger partial charge in [-0.3, -0.25) is 0 Å². The van der Waals surface area contributed by atoms with Crippen LogP contribution < -0.4 is 5.32 Å². The molecule has 0 aliphatic heterocycles. The van der Waals surface area contributed by atoms with Gasteiger partial charge in [0.25, 0.3) is 0 Å². The summed E-state index contributed by atoms with van der Waals surface area (Å²) in [6.45, 7) is 2.93. The van der Waals surface area contributed by atoms with Crippen LogP contribution in [0.1, 0.15) is 37.9 Å². The van der Waals surface area contributed by atoms with Crippen LogP contribution in [0.4, 0.5) is 10.2 Å². The molecule has 1 aromatic carbocycles. The van der Waals surface area contributed by atoms with Crippen molar-refractivity contribution < 1.29 is 4.39 Å². The minimum absolute atomic E-state index is 0.357. The predicted octanol–water partition coefficient (Wildman–Crippen LogP) is 4.64. The molecule has 110 valence electrons. The lowest BCUT2D eigenvalue weighted by Crippen LogP contribution is -2.06. The number of hydrogen-bond donors (Lipinski definition) is 1. The van der Waals surface area contributed by atoms with Gasteiger partial charge in [0.15, 0.2) is 0 Å². The molecule has 1 aromatic heterocycles. The van der Waals surface area contributed by atoms with Crippen molar-refractivity contribution in [3.8, 4) is 11.3 Å². The Morgan fingerprint density at radius 3 is 2.76 bits per heavy atom. The zero-order valence-electron chi connectivity index (χ0n) is 11.9. The fourth-order valence-corrected chi connectivity index (χ4v) is 2.33. The van der Waals surface area contributed by atoms with E-state index in [1.165, 1.54) is 6.07 Å². The molecule has 0 saturated heterocycles. The van der Waals surface area contributed by atoms with Gasteiger partial charge in [0, 0.05) is 29.1 Å². The van der Waals surface area contributed by atoms with E-state index < -0.39 is 0 Å². The fraction of sp³-hybridized carbons (Fsp3) is 0.375. The summed E-state index contributed by atoms with van der Waals surface area (Å²) in [6, 6.07) is 6.46. The normalized spacial score (nSPS) is 14.2. The van der Waals surface area contributed by atoms with Crippen LogP contribution in [0, 0.1) is 5.82 Å². The molecule has 1 N–H and O–H groups in total. The first-order valence-electron chi connectivity index (χ1n) is 7.25. The average Bonchev–Trinajstić information content (AvgIpc) is 3.29. The molecule has 1 heterocycles. The van der Waals surface area contributed by atoms with Gasteiger partial charge in [-0.1, -0.05) is 18.5 Å². The summed E-state index contributed by atoms with van der Waals surface area (Å²) in [5.74, 6) is 1.63. The van der Waals surface area contributed by atoms with E-state index >= 15 is 0 Å². The van der Waals surface area contributed by atoms with Gasteiger partial charge in [-0.25, -0.2) is 14.4 Å². The number of rotatable bonds is 5. The Balaban J connectivity index is 2.01. The quantitative estimate of drug-likeness (QED) is 0.874. The third-order valence-corrected chi connectivity index (χ3v) is 3.68. The van der Waals surface area contributed by atoms with Crippen LogP contribution in [-0.4, -0.2) is 16.5 Å². The van der Waals surface area contributed by atoms with Crippen molar-refractivity contribution in [1.82, 2.24) is 9.97 Å². The largest absolute Gasteiger partial charge is 0.370 e. The summed E-state index contributed by atoms with van der Waals surface area (Å²) in [7, 11) is 0. The SMILES string of the molecule is CCCNc1cc(-c2ccc(Cl)cc2F)nc(C2CC2)n1. The Morgan fingerprint density at radius 1 is 1.29 bits per heavy atom. The van der Waals surface area contributed by atoms with E-state index in [1.807, 2.05) is 0 Å². The molecule has 1 aliphatic carbocycles. The van der Waals surface area contributed by atoms with Crippen molar-refractivity contribution in [2.45, 2.75) is 32.1 Å². The Bertz CT molecular complexity index is 656. The van der Waals surface area contributed by atoms with Crippen LogP contribution >= 0.6 is 11.6 Å². The second-order valence-electron chi connectivity index (χ2n) is 5.32. The molecule has 0 spiro atoms. The fourth-order valence-electron chi connectivity index (χ4n) is 2.17. The van der Waals surface area contributed by atoms with Crippen molar-refractivity contribution in [3.05, 3.63) is 40.9 Å². The minimum Gasteiger partial charge on any atom is -0.370 e. The first-order chi connectivity index (χ1) is 10.2. The Hall–Kier alpha value is -1.68. The van der Waals surface area contributed by atoms with E-state index in [9.17, 15) is 4.39 Å². The predicted molar refractivity (Wildman–Crippen MR) is 83.2 cm³/mol. The number of aromatic nitrogens is 2. The zero-order chi connectivity index (χ0) is 14.8. The van der Waals surface area contributed by atoms with Gasteiger partial charge in [-0.2, -0.15) is 0 Å². The summed E-state index contributed by atoms with van der Waals surface area (Å²) >= 11 is 5.81. The number of nitrogens with zero attached hydrogens (tertiary/aromatic N) is 2. The van der Waals surface area contributed by atoms with Crippen LogP contribution in [0.25, 0.3) is 11.3 Å². The lowest BCUT2D eigenvalue weighted by Gasteiger charge is -2.10. The van der Waals surface area contributed by atoms with Crippen molar-refractivity contribution in [2.75, 3.05) is 11.9 Å². The van der Waals surface area contributed by atoms with Gasteiger partial charge in [0.1, 0.15) is 17.5 Å². The van der Waals surface area contributed by atoms with Crippen LogP contribution in [0.2, 0.25) is 5.02 Å². The molecular formula is C16H17ClFN3. The van der Waals surface area contributed by atoms with Gasteiger partial charge in [-0.05, 0) is 37.5 Å². The standard InChI is InChI=1S/C16H17ClFN3/c1-2-7-19-15-9-14(20-16(21-15)10-3-4-10)12-6-5-11(17)8-13(12)18/h5-6,8-10H,2-4,7H2,1H3,(H,19,20,21). The molecule has 0 amide bonds. The molecule has 3 nitrogen and oxygen atoms in total. The zero-order valence-corrected chi connectivity index (χ0v) is 12.6. The lowest BCUT2D eigenvalue weighted by molar-refractivity contribution is 0.630. The molecule has 0 radical (unpaired) electrons. The molecular weight excluding hydrogens is 289 g/mol. The molecule has 0 unspecified atom stereocenters. The van der Waals surface area contributed by atoms with Crippen LogP contribution in [0.3, 0.4) is 0 Å². The number of benzene rings is 1. The molecule has 1 saturated carbocycles. The van der Waals surface area contributed by atoms with E-state index in [0.29, 0.717) is 22.2 Å². The number of nitrogens with one attached hydrogen (secondary N) is 1. The maximum Gasteiger partial charge on any atom is 0.134 e. The summed E-state index contributed by atoms with van der Waals surface area (Å²) in [4.78, 5) is 9.06. The van der Waals surface area contributed by atoms with E-state index in [1.54, 1.807) is 18.2 Å². The van der Waals surface area contributed by atoms with Crippen LogP contribution in [0.15, 0.2) is 24.3 Å². The van der Waals surface area contributed by atoms with E-state index in [0.717, 1.165) is 37.4 Å². The molecule has 1 fully saturated rings. The molecule has 0 atom stereocenters. The van der Waals surface area contributed by atoms with Crippen LogP contribution in [-0.2, 0) is 0 Å². The molecule has 1 aliphatic rings. The Morgan fingerprint density at radius 2 is 2.10 bits per heavy atom. The summed E-state index contributed by atoms with van der Waals surface area (Å²) in [5.41, 5.74) is 1.07. The van der Waals surface area contributed by atoms with Gasteiger partial charge in [0.2, 0.25) is 0 Å². The highest BCUT2D eigenvalue weighted by atomic mass is 35.5. The second kappa shape index (κ2) is 5.98. The van der Waals surface area contributed by atoms with Gasteiger partial charge < -0.3 is 5.32 Å². The molecule has 5 heteroatoms. The Labute approximate surface area is 128 Å². The van der Waals surface area contributed by atoms with Gasteiger partial charge in [-0.15, -0.1) is 0 Å². The highest BCUT2D eigenvalue weighted by Gasteiger charge is 2.27. The average molecular weight is 306 g/mol. The maximum atomic E-state index is 14.1. The first kappa shape index (κ1) is 14.3. The maximum absolute atomic E-state index is 14.1. The summed E-state index contributed by atoms with van der Waals surface area (Å²) in [5, 5.41) is 3.64. The molecule has 21 heavy (non-hydrogen) atoms.